The van der Waals surface area contributed by atoms with E-state index in [9.17, 15) is 4.39 Å². The van der Waals surface area contributed by atoms with Crippen molar-refractivity contribution < 1.29 is 13.9 Å². The Hall–Kier alpha value is -1.24. The molecule has 5 nitrogen and oxygen atoms in total. The summed E-state index contributed by atoms with van der Waals surface area (Å²) in [5.41, 5.74) is -0.0839. The van der Waals surface area contributed by atoms with Crippen LogP contribution in [-0.4, -0.2) is 60.5 Å². The molecule has 1 spiro atoms. The van der Waals surface area contributed by atoms with Crippen LogP contribution in [0.15, 0.2) is 18.3 Å². The van der Waals surface area contributed by atoms with E-state index >= 15 is 0 Å². The number of piperidine rings is 1. The van der Waals surface area contributed by atoms with Gasteiger partial charge in [0, 0.05) is 38.4 Å². The molecule has 132 valence electrons. The first-order valence-electron chi connectivity index (χ1n) is 9.07. The van der Waals surface area contributed by atoms with Crippen LogP contribution in [0.2, 0.25) is 0 Å². The van der Waals surface area contributed by atoms with Crippen molar-refractivity contribution in [1.82, 2.24) is 9.88 Å². The van der Waals surface area contributed by atoms with Crippen LogP contribution in [-0.2, 0) is 9.47 Å². The van der Waals surface area contributed by atoms with Gasteiger partial charge in [-0.15, -0.1) is 0 Å². The van der Waals surface area contributed by atoms with E-state index in [0.29, 0.717) is 18.5 Å². The van der Waals surface area contributed by atoms with Gasteiger partial charge in [-0.3, -0.25) is 4.90 Å². The van der Waals surface area contributed by atoms with Crippen LogP contribution < -0.4 is 5.32 Å². The molecule has 0 aliphatic carbocycles. The van der Waals surface area contributed by atoms with Gasteiger partial charge in [0.1, 0.15) is 0 Å². The monoisotopic (exact) mass is 335 g/mol. The standard InChI is InChI=1S/C18H26FN3O2/c19-16-3-1-7-20-17(16)21-14-11-18(24-12-14)6-2-8-22(13-18)15-4-9-23-10-5-15/h1,3,7,14-15H,2,4-6,8-13H2,(H,20,21)/t14-,18-/m0/s1. The molecule has 0 amide bonds. The molecule has 0 unspecified atom stereocenters. The number of rotatable bonds is 3. The fourth-order valence-corrected chi connectivity index (χ4v) is 4.40. The van der Waals surface area contributed by atoms with E-state index in [1.807, 2.05) is 0 Å². The number of ether oxygens (including phenoxy) is 2. The molecular formula is C18H26FN3O2. The Bertz CT molecular complexity index is 567. The molecule has 1 aromatic heterocycles. The Labute approximate surface area is 142 Å². The van der Waals surface area contributed by atoms with Gasteiger partial charge in [0.05, 0.1) is 18.2 Å². The smallest absolute Gasteiger partial charge is 0.165 e. The third-order valence-electron chi connectivity index (χ3n) is 5.58. The summed E-state index contributed by atoms with van der Waals surface area (Å²) in [6.07, 6.45) is 7.04. The van der Waals surface area contributed by atoms with E-state index in [1.54, 1.807) is 12.3 Å². The minimum atomic E-state index is -0.300. The van der Waals surface area contributed by atoms with Gasteiger partial charge in [0.15, 0.2) is 11.6 Å². The quantitative estimate of drug-likeness (QED) is 0.919. The number of hydrogen-bond acceptors (Lipinski definition) is 5. The van der Waals surface area contributed by atoms with E-state index in [-0.39, 0.29) is 17.5 Å². The van der Waals surface area contributed by atoms with Gasteiger partial charge < -0.3 is 14.8 Å². The molecule has 4 heterocycles. The lowest BCUT2D eigenvalue weighted by molar-refractivity contribution is -0.0741. The van der Waals surface area contributed by atoms with Crippen molar-refractivity contribution in [3.05, 3.63) is 24.1 Å². The molecule has 3 fully saturated rings. The third kappa shape index (κ3) is 3.41. The second kappa shape index (κ2) is 6.94. The largest absolute Gasteiger partial charge is 0.381 e. The van der Waals surface area contributed by atoms with Crippen molar-refractivity contribution in [1.29, 1.82) is 0 Å². The highest BCUT2D eigenvalue weighted by molar-refractivity contribution is 5.37. The van der Waals surface area contributed by atoms with Crippen molar-refractivity contribution in [2.24, 2.45) is 0 Å². The molecule has 0 aromatic carbocycles. The zero-order valence-corrected chi connectivity index (χ0v) is 14.0. The highest BCUT2D eigenvalue weighted by Gasteiger charge is 2.44. The number of hydrogen-bond donors (Lipinski definition) is 1. The summed E-state index contributed by atoms with van der Waals surface area (Å²) in [6.45, 7) is 4.51. The fraction of sp³-hybridized carbons (Fsp3) is 0.722. The molecule has 1 aromatic rings. The number of aromatic nitrogens is 1. The molecule has 3 aliphatic heterocycles. The zero-order chi connectivity index (χ0) is 16.4. The number of pyridine rings is 1. The summed E-state index contributed by atoms with van der Waals surface area (Å²) in [6, 6.07) is 3.80. The maximum atomic E-state index is 13.8. The van der Waals surface area contributed by atoms with Gasteiger partial charge >= 0.3 is 0 Å². The van der Waals surface area contributed by atoms with Crippen molar-refractivity contribution in [2.75, 3.05) is 38.2 Å². The Balaban J connectivity index is 1.38. The van der Waals surface area contributed by atoms with Crippen LogP contribution in [0.4, 0.5) is 10.2 Å². The number of likely N-dealkylation sites (tertiary alicyclic amines) is 1. The number of anilines is 1. The number of halogens is 1. The Morgan fingerprint density at radius 3 is 3.04 bits per heavy atom. The van der Waals surface area contributed by atoms with Crippen molar-refractivity contribution >= 4 is 5.82 Å². The SMILES string of the molecule is Fc1cccnc1N[C@@H]1CO[C@@]2(CCCN(C3CCOCC3)C2)C1. The summed E-state index contributed by atoms with van der Waals surface area (Å²) in [5, 5.41) is 3.23. The fourth-order valence-electron chi connectivity index (χ4n) is 4.40. The summed E-state index contributed by atoms with van der Waals surface area (Å²) in [4.78, 5) is 6.69. The maximum Gasteiger partial charge on any atom is 0.165 e. The lowest BCUT2D eigenvalue weighted by Gasteiger charge is -2.44. The van der Waals surface area contributed by atoms with Gasteiger partial charge in [-0.2, -0.15) is 0 Å². The van der Waals surface area contributed by atoms with Crippen molar-refractivity contribution in [2.45, 2.75) is 49.8 Å². The van der Waals surface area contributed by atoms with Crippen molar-refractivity contribution in [3.8, 4) is 0 Å². The summed E-state index contributed by atoms with van der Waals surface area (Å²) < 4.78 is 25.5. The maximum absolute atomic E-state index is 13.8. The van der Waals surface area contributed by atoms with Crippen LogP contribution in [0.3, 0.4) is 0 Å². The van der Waals surface area contributed by atoms with Gasteiger partial charge in [-0.05, 0) is 44.4 Å². The molecule has 6 heteroatoms. The zero-order valence-electron chi connectivity index (χ0n) is 14.0. The molecule has 0 saturated carbocycles. The minimum Gasteiger partial charge on any atom is -0.381 e. The predicted molar refractivity (Wildman–Crippen MR) is 89.6 cm³/mol. The van der Waals surface area contributed by atoms with Crippen LogP contribution >= 0.6 is 0 Å². The second-order valence-corrected chi connectivity index (χ2v) is 7.29. The first-order chi connectivity index (χ1) is 11.7. The van der Waals surface area contributed by atoms with E-state index in [4.69, 9.17) is 9.47 Å². The Morgan fingerprint density at radius 1 is 1.33 bits per heavy atom. The highest BCUT2D eigenvalue weighted by atomic mass is 19.1. The molecule has 1 N–H and O–H groups in total. The molecule has 4 rings (SSSR count). The minimum absolute atomic E-state index is 0.0839. The van der Waals surface area contributed by atoms with Crippen LogP contribution in [0.25, 0.3) is 0 Å². The Morgan fingerprint density at radius 2 is 2.21 bits per heavy atom. The molecule has 0 bridgehead atoms. The van der Waals surface area contributed by atoms with Gasteiger partial charge in [-0.25, -0.2) is 9.37 Å². The van der Waals surface area contributed by atoms with Gasteiger partial charge in [0.2, 0.25) is 0 Å². The highest BCUT2D eigenvalue weighted by Crippen LogP contribution is 2.37. The van der Waals surface area contributed by atoms with Crippen molar-refractivity contribution in [3.63, 3.8) is 0 Å². The normalized spacial score (nSPS) is 32.3. The molecule has 0 radical (unpaired) electrons. The summed E-state index contributed by atoms with van der Waals surface area (Å²) in [7, 11) is 0. The third-order valence-corrected chi connectivity index (χ3v) is 5.58. The predicted octanol–water partition coefficient (Wildman–Crippen LogP) is 2.44. The van der Waals surface area contributed by atoms with E-state index < -0.39 is 0 Å². The average molecular weight is 335 g/mol. The first-order valence-corrected chi connectivity index (χ1v) is 9.07. The topological polar surface area (TPSA) is 46.6 Å². The van der Waals surface area contributed by atoms with Crippen LogP contribution in [0, 0.1) is 5.82 Å². The molecule has 2 atom stereocenters. The summed E-state index contributed by atoms with van der Waals surface area (Å²) >= 11 is 0. The van der Waals surface area contributed by atoms with E-state index in [1.165, 1.54) is 12.5 Å². The van der Waals surface area contributed by atoms with Crippen LogP contribution in [0.1, 0.15) is 32.1 Å². The second-order valence-electron chi connectivity index (χ2n) is 7.29. The van der Waals surface area contributed by atoms with Crippen LogP contribution in [0.5, 0.6) is 0 Å². The van der Waals surface area contributed by atoms with E-state index in [0.717, 1.165) is 52.0 Å². The molecule has 3 saturated heterocycles. The average Bonchev–Trinajstić information content (AvgIpc) is 3.00. The van der Waals surface area contributed by atoms with Gasteiger partial charge in [0.25, 0.3) is 0 Å². The molecule has 3 aliphatic rings. The molecule has 24 heavy (non-hydrogen) atoms. The lowest BCUT2D eigenvalue weighted by atomic mass is 9.87. The Kier molecular flexibility index (Phi) is 4.70. The number of nitrogens with zero attached hydrogens (tertiary/aromatic N) is 2. The lowest BCUT2D eigenvalue weighted by Crippen LogP contribution is -2.53. The molecular weight excluding hydrogens is 309 g/mol. The number of nitrogens with one attached hydrogen (secondary N) is 1. The van der Waals surface area contributed by atoms with E-state index in [2.05, 4.69) is 15.2 Å². The summed E-state index contributed by atoms with van der Waals surface area (Å²) in [5.74, 6) is 0.0335. The first kappa shape index (κ1) is 16.2. The van der Waals surface area contributed by atoms with Gasteiger partial charge in [-0.1, -0.05) is 0 Å².